The Balaban J connectivity index is 1.86. The van der Waals surface area contributed by atoms with Crippen molar-refractivity contribution in [3.8, 4) is 17.0 Å². The van der Waals surface area contributed by atoms with Crippen molar-refractivity contribution in [2.45, 2.75) is 33.1 Å². The Bertz CT molecular complexity index is 1350. The van der Waals surface area contributed by atoms with Crippen LogP contribution in [-0.2, 0) is 12.5 Å². The van der Waals surface area contributed by atoms with E-state index in [9.17, 15) is 24.8 Å². The molecule has 1 heterocycles. The summed E-state index contributed by atoms with van der Waals surface area (Å²) in [4.78, 5) is 33.9. The first kappa shape index (κ1) is 25.1. The molecule has 35 heavy (non-hydrogen) atoms. The highest BCUT2D eigenvalue weighted by Crippen LogP contribution is 2.33. The number of nitro benzene ring substituents is 1. The summed E-state index contributed by atoms with van der Waals surface area (Å²) in [6, 6.07) is 10.7. The number of amides is 1. The van der Waals surface area contributed by atoms with Crippen LogP contribution in [0.25, 0.3) is 11.3 Å². The van der Waals surface area contributed by atoms with Gasteiger partial charge < -0.3 is 10.2 Å². The van der Waals surface area contributed by atoms with E-state index in [-0.39, 0.29) is 28.1 Å². The number of rotatable bonds is 6. The number of hydrazone groups is 1. The van der Waals surface area contributed by atoms with Crippen molar-refractivity contribution in [2.75, 3.05) is 0 Å². The fourth-order valence-corrected chi connectivity index (χ4v) is 3.47. The average Bonchev–Trinajstić information content (AvgIpc) is 3.10. The molecule has 11 heteroatoms. The first-order valence-corrected chi connectivity index (χ1v) is 10.5. The van der Waals surface area contributed by atoms with Crippen LogP contribution in [0.5, 0.6) is 5.75 Å². The Morgan fingerprint density at radius 3 is 2.31 bits per heavy atom. The van der Waals surface area contributed by atoms with Crippen LogP contribution in [0.1, 0.15) is 59.7 Å². The van der Waals surface area contributed by atoms with E-state index < -0.39 is 28.1 Å². The van der Waals surface area contributed by atoms with Crippen molar-refractivity contribution < 1.29 is 24.7 Å². The molecule has 0 bridgehead atoms. The van der Waals surface area contributed by atoms with Gasteiger partial charge in [0.2, 0.25) is 0 Å². The largest absolute Gasteiger partial charge is 0.504 e. The number of carboxylic acid groups (broad SMARTS) is 1. The number of hydrogen-bond donors (Lipinski definition) is 3. The fraction of sp³-hybridized carbons (Fsp3) is 0.250. The van der Waals surface area contributed by atoms with Crippen LogP contribution < -0.4 is 5.43 Å². The summed E-state index contributed by atoms with van der Waals surface area (Å²) in [5, 5.41) is 39.3. The molecule has 0 radical (unpaired) electrons. The number of carbonyl (C=O) groups excluding carboxylic acids is 1. The molecular weight excluding hydrogens is 454 g/mol. The third-order valence-electron chi connectivity index (χ3n) is 5.40. The Hall–Kier alpha value is -4.54. The summed E-state index contributed by atoms with van der Waals surface area (Å²) in [5.74, 6) is -2.39. The van der Waals surface area contributed by atoms with Gasteiger partial charge in [0.25, 0.3) is 11.6 Å². The molecule has 0 saturated heterocycles. The second kappa shape index (κ2) is 9.37. The van der Waals surface area contributed by atoms with Crippen molar-refractivity contribution in [1.82, 2.24) is 15.2 Å². The molecule has 0 unspecified atom stereocenters. The summed E-state index contributed by atoms with van der Waals surface area (Å²) < 4.78 is 1.51. The number of carboxylic acids is 1. The lowest BCUT2D eigenvalue weighted by Gasteiger charge is -2.19. The summed E-state index contributed by atoms with van der Waals surface area (Å²) in [7, 11) is 1.67. The third kappa shape index (κ3) is 5.18. The molecule has 0 fully saturated rings. The molecule has 0 atom stereocenters. The lowest BCUT2D eigenvalue weighted by atomic mass is 9.86. The molecule has 1 aromatic heterocycles. The van der Waals surface area contributed by atoms with Gasteiger partial charge in [-0.05, 0) is 30.0 Å². The monoisotopic (exact) mass is 479 g/mol. The van der Waals surface area contributed by atoms with E-state index in [0.717, 1.165) is 29.3 Å². The number of aryl methyl sites for hydroxylation is 1. The third-order valence-corrected chi connectivity index (χ3v) is 5.40. The molecule has 11 nitrogen and oxygen atoms in total. The van der Waals surface area contributed by atoms with Crippen LogP contribution in [0.2, 0.25) is 0 Å². The lowest BCUT2D eigenvalue weighted by molar-refractivity contribution is -0.385. The van der Waals surface area contributed by atoms with Gasteiger partial charge in [0.15, 0.2) is 11.4 Å². The van der Waals surface area contributed by atoms with Crippen molar-refractivity contribution in [3.05, 3.63) is 75.0 Å². The Morgan fingerprint density at radius 1 is 1.14 bits per heavy atom. The van der Waals surface area contributed by atoms with Crippen molar-refractivity contribution in [3.63, 3.8) is 0 Å². The van der Waals surface area contributed by atoms with Crippen LogP contribution in [0.3, 0.4) is 0 Å². The SMILES string of the molecule is CC(=NNC(=O)c1ccc(C(=O)O)c([N+](=O)[O-])c1)c1nn(C)c(-c2ccc(C(C)(C)C)cc2)c1O. The number of benzene rings is 2. The van der Waals surface area contributed by atoms with Gasteiger partial charge in [0.1, 0.15) is 11.3 Å². The van der Waals surface area contributed by atoms with E-state index in [4.69, 9.17) is 5.11 Å². The summed E-state index contributed by atoms with van der Waals surface area (Å²) in [6.07, 6.45) is 0. The van der Waals surface area contributed by atoms with Crippen molar-refractivity contribution >= 4 is 23.3 Å². The molecule has 1 amide bonds. The standard InChI is InChI=1S/C24H25N5O6/c1-13(25-26-22(31)15-8-11-17(23(32)33)18(12-15)29(34)35)19-21(30)20(28(5)27-19)14-6-9-16(10-7-14)24(2,3)4/h6-12,30H,1-5H3,(H,26,31)(H,32,33). The van der Waals surface area contributed by atoms with E-state index in [1.54, 1.807) is 7.05 Å². The smallest absolute Gasteiger partial charge is 0.342 e. The Kier molecular flexibility index (Phi) is 6.72. The fourth-order valence-electron chi connectivity index (χ4n) is 3.47. The minimum Gasteiger partial charge on any atom is -0.504 e. The number of nitrogens with zero attached hydrogens (tertiary/aromatic N) is 4. The van der Waals surface area contributed by atoms with Gasteiger partial charge >= 0.3 is 5.97 Å². The van der Waals surface area contributed by atoms with E-state index in [0.29, 0.717) is 5.69 Å². The highest BCUT2D eigenvalue weighted by atomic mass is 16.6. The second-order valence-electron chi connectivity index (χ2n) is 8.93. The molecule has 0 aliphatic carbocycles. The van der Waals surface area contributed by atoms with E-state index in [2.05, 4.69) is 36.4 Å². The van der Waals surface area contributed by atoms with Gasteiger partial charge in [0, 0.05) is 24.2 Å². The maximum absolute atomic E-state index is 12.5. The molecule has 0 saturated carbocycles. The number of aromatic carboxylic acids is 1. The van der Waals surface area contributed by atoms with Crippen molar-refractivity contribution in [2.24, 2.45) is 12.1 Å². The molecule has 3 rings (SSSR count). The summed E-state index contributed by atoms with van der Waals surface area (Å²) >= 11 is 0. The van der Waals surface area contributed by atoms with Crippen molar-refractivity contribution in [1.29, 1.82) is 0 Å². The number of hydrogen-bond acceptors (Lipinski definition) is 7. The summed E-state index contributed by atoms with van der Waals surface area (Å²) in [5.41, 5.74) is 3.54. The molecule has 2 aromatic carbocycles. The lowest BCUT2D eigenvalue weighted by Crippen LogP contribution is -2.20. The average molecular weight is 479 g/mol. The zero-order valence-corrected chi connectivity index (χ0v) is 19.9. The normalized spacial score (nSPS) is 11.9. The van der Waals surface area contributed by atoms with Crippen LogP contribution in [-0.4, -0.2) is 42.5 Å². The zero-order chi connectivity index (χ0) is 26.1. The van der Waals surface area contributed by atoms with Gasteiger partial charge in [-0.15, -0.1) is 0 Å². The molecule has 182 valence electrons. The van der Waals surface area contributed by atoms with Gasteiger partial charge in [0.05, 0.1) is 10.6 Å². The molecule has 3 aromatic rings. The maximum atomic E-state index is 12.5. The van der Waals surface area contributed by atoms with Gasteiger partial charge in [-0.3, -0.25) is 19.6 Å². The first-order chi connectivity index (χ1) is 16.3. The van der Waals surface area contributed by atoms with E-state index >= 15 is 0 Å². The minimum absolute atomic E-state index is 0.0198. The van der Waals surface area contributed by atoms with Gasteiger partial charge in [-0.2, -0.15) is 10.2 Å². The van der Waals surface area contributed by atoms with Crippen LogP contribution in [0.15, 0.2) is 47.6 Å². The summed E-state index contributed by atoms with van der Waals surface area (Å²) in [6.45, 7) is 7.85. The topological polar surface area (TPSA) is 160 Å². The van der Waals surface area contributed by atoms with Crippen LogP contribution in [0.4, 0.5) is 5.69 Å². The minimum atomic E-state index is -1.48. The number of aromatic nitrogens is 2. The van der Waals surface area contributed by atoms with Crippen LogP contribution >= 0.6 is 0 Å². The number of aromatic hydroxyl groups is 1. The van der Waals surface area contributed by atoms with E-state index in [1.165, 1.54) is 11.6 Å². The molecular formula is C24H25N5O6. The predicted molar refractivity (Wildman–Crippen MR) is 129 cm³/mol. The quantitative estimate of drug-likeness (QED) is 0.275. The Labute approximate surface area is 200 Å². The zero-order valence-electron chi connectivity index (χ0n) is 19.9. The van der Waals surface area contributed by atoms with Gasteiger partial charge in [-0.1, -0.05) is 45.0 Å². The highest BCUT2D eigenvalue weighted by Gasteiger charge is 2.23. The number of nitrogens with one attached hydrogen (secondary N) is 1. The molecule has 3 N–H and O–H groups in total. The van der Waals surface area contributed by atoms with Crippen LogP contribution in [0, 0.1) is 10.1 Å². The highest BCUT2D eigenvalue weighted by molar-refractivity contribution is 6.03. The number of carbonyl (C=O) groups is 2. The molecule has 0 spiro atoms. The van der Waals surface area contributed by atoms with E-state index in [1.807, 2.05) is 24.3 Å². The second-order valence-corrected chi connectivity index (χ2v) is 8.93. The predicted octanol–water partition coefficient (Wildman–Crippen LogP) is 3.85. The molecule has 0 aliphatic rings. The molecule has 0 aliphatic heterocycles. The Morgan fingerprint density at radius 2 is 1.77 bits per heavy atom. The first-order valence-electron chi connectivity index (χ1n) is 10.5. The maximum Gasteiger partial charge on any atom is 0.342 e. The number of nitro groups is 1. The van der Waals surface area contributed by atoms with Gasteiger partial charge in [-0.25, -0.2) is 10.2 Å².